The van der Waals surface area contributed by atoms with Gasteiger partial charge in [-0.3, -0.25) is 4.90 Å². The molecule has 127 valence electrons. The number of nitrogens with one attached hydrogen (secondary N) is 1. The summed E-state index contributed by atoms with van der Waals surface area (Å²) in [7, 11) is 2.11. The number of rotatable bonds is 2. The molecule has 2 heterocycles. The smallest absolute Gasteiger partial charge is 0.310 e. The van der Waals surface area contributed by atoms with Crippen molar-refractivity contribution in [2.45, 2.75) is 31.1 Å². The Morgan fingerprint density at radius 3 is 2.65 bits per heavy atom. The first kappa shape index (κ1) is 16.7. The van der Waals surface area contributed by atoms with Crippen LogP contribution in [-0.4, -0.2) is 55.6 Å². The molecule has 1 N–H and O–H groups in total. The third-order valence-electron chi connectivity index (χ3n) is 5.01. The van der Waals surface area contributed by atoms with Crippen LogP contribution >= 0.6 is 0 Å². The minimum absolute atomic E-state index is 0.236. The first-order chi connectivity index (χ1) is 10.9. The summed E-state index contributed by atoms with van der Waals surface area (Å²) in [5.74, 6) is 0. The first-order valence-electron chi connectivity index (χ1n) is 8.18. The van der Waals surface area contributed by atoms with Gasteiger partial charge in [-0.15, -0.1) is 0 Å². The summed E-state index contributed by atoms with van der Waals surface area (Å²) >= 11 is 0. The largest absolute Gasteiger partial charge is 0.416 e. The molecule has 3 rings (SSSR count). The second-order valence-corrected chi connectivity index (χ2v) is 6.54. The Kier molecular flexibility index (Phi) is 4.94. The molecule has 2 fully saturated rings. The first-order valence-corrected chi connectivity index (χ1v) is 8.18. The Morgan fingerprint density at radius 2 is 1.96 bits per heavy atom. The van der Waals surface area contributed by atoms with E-state index >= 15 is 0 Å². The fraction of sp³-hybridized carbons (Fsp3) is 0.647. The second kappa shape index (κ2) is 6.79. The van der Waals surface area contributed by atoms with Gasteiger partial charge in [0.25, 0.3) is 0 Å². The Balaban J connectivity index is 1.74. The number of benzene rings is 1. The molecule has 23 heavy (non-hydrogen) atoms. The minimum Gasteiger partial charge on any atom is -0.310 e. The van der Waals surface area contributed by atoms with Crippen LogP contribution in [0.5, 0.6) is 0 Å². The topological polar surface area (TPSA) is 18.5 Å². The summed E-state index contributed by atoms with van der Waals surface area (Å²) in [5.41, 5.74) is -0.202. The van der Waals surface area contributed by atoms with Crippen LogP contribution < -0.4 is 5.32 Å². The van der Waals surface area contributed by atoms with Crippen LogP contribution in [0.1, 0.15) is 30.0 Å². The summed E-state index contributed by atoms with van der Waals surface area (Å²) in [6.07, 6.45) is -2.59. The van der Waals surface area contributed by atoms with E-state index in [1.54, 1.807) is 12.1 Å². The van der Waals surface area contributed by atoms with Crippen LogP contribution in [0.4, 0.5) is 13.2 Å². The average Bonchev–Trinajstić information content (AvgIpc) is 2.55. The SMILES string of the molecule is CN1CCN(C2CCNC(c3cc[c]cc3C(F)(F)F)C2)CC1. The zero-order chi connectivity index (χ0) is 16.4. The number of piperidine rings is 1. The zero-order valence-electron chi connectivity index (χ0n) is 13.4. The predicted octanol–water partition coefficient (Wildman–Crippen LogP) is 2.55. The third kappa shape index (κ3) is 3.87. The lowest BCUT2D eigenvalue weighted by atomic mass is 9.89. The van der Waals surface area contributed by atoms with Gasteiger partial charge in [0.2, 0.25) is 0 Å². The van der Waals surface area contributed by atoms with E-state index in [4.69, 9.17) is 0 Å². The van der Waals surface area contributed by atoms with E-state index in [0.717, 1.165) is 51.6 Å². The van der Waals surface area contributed by atoms with Crippen molar-refractivity contribution in [1.82, 2.24) is 15.1 Å². The van der Waals surface area contributed by atoms with Gasteiger partial charge in [-0.05, 0) is 44.1 Å². The van der Waals surface area contributed by atoms with Crippen molar-refractivity contribution in [2.24, 2.45) is 0 Å². The number of hydrogen-bond acceptors (Lipinski definition) is 3. The lowest BCUT2D eigenvalue weighted by Gasteiger charge is -2.42. The molecule has 0 saturated carbocycles. The molecule has 1 radical (unpaired) electrons. The lowest BCUT2D eigenvalue weighted by molar-refractivity contribution is -0.138. The molecule has 0 aliphatic carbocycles. The average molecular weight is 326 g/mol. The lowest BCUT2D eigenvalue weighted by Crippen LogP contribution is -2.52. The van der Waals surface area contributed by atoms with Crippen molar-refractivity contribution < 1.29 is 13.2 Å². The van der Waals surface area contributed by atoms with Gasteiger partial charge in [-0.1, -0.05) is 12.1 Å². The summed E-state index contributed by atoms with van der Waals surface area (Å²) in [6.45, 7) is 4.83. The summed E-state index contributed by atoms with van der Waals surface area (Å²) < 4.78 is 39.7. The minimum atomic E-state index is -4.32. The molecular formula is C17H23F3N3. The summed E-state index contributed by atoms with van der Waals surface area (Å²) in [5, 5.41) is 3.27. The van der Waals surface area contributed by atoms with Gasteiger partial charge >= 0.3 is 6.18 Å². The molecule has 0 spiro atoms. The van der Waals surface area contributed by atoms with Gasteiger partial charge in [-0.25, -0.2) is 0 Å². The van der Waals surface area contributed by atoms with E-state index in [0.29, 0.717) is 11.6 Å². The molecule has 0 aromatic heterocycles. The molecule has 0 bridgehead atoms. The fourth-order valence-electron chi connectivity index (χ4n) is 3.64. The number of nitrogens with zero attached hydrogens (tertiary/aromatic N) is 2. The Bertz CT molecular complexity index is 524. The van der Waals surface area contributed by atoms with E-state index < -0.39 is 11.7 Å². The second-order valence-electron chi connectivity index (χ2n) is 6.54. The predicted molar refractivity (Wildman–Crippen MR) is 83.1 cm³/mol. The highest BCUT2D eigenvalue weighted by molar-refractivity contribution is 5.32. The van der Waals surface area contributed by atoms with Crippen LogP contribution in [0, 0.1) is 6.07 Å². The Labute approximate surface area is 135 Å². The molecule has 1 aromatic rings. The van der Waals surface area contributed by atoms with E-state index in [-0.39, 0.29) is 6.04 Å². The van der Waals surface area contributed by atoms with Crippen LogP contribution in [0.25, 0.3) is 0 Å². The quantitative estimate of drug-likeness (QED) is 0.901. The highest BCUT2D eigenvalue weighted by Crippen LogP contribution is 2.37. The number of alkyl halides is 3. The van der Waals surface area contributed by atoms with Gasteiger partial charge in [0.1, 0.15) is 0 Å². The van der Waals surface area contributed by atoms with Crippen LogP contribution in [0.2, 0.25) is 0 Å². The zero-order valence-corrected chi connectivity index (χ0v) is 13.4. The van der Waals surface area contributed by atoms with Crippen LogP contribution in [0.3, 0.4) is 0 Å². The van der Waals surface area contributed by atoms with E-state index in [9.17, 15) is 13.2 Å². The van der Waals surface area contributed by atoms with Crippen molar-refractivity contribution in [3.8, 4) is 0 Å². The highest BCUT2D eigenvalue weighted by atomic mass is 19.4. The van der Waals surface area contributed by atoms with E-state index in [1.165, 1.54) is 0 Å². The van der Waals surface area contributed by atoms with Gasteiger partial charge in [0, 0.05) is 38.3 Å². The molecule has 2 unspecified atom stereocenters. The van der Waals surface area contributed by atoms with Crippen LogP contribution in [0.15, 0.2) is 18.2 Å². The van der Waals surface area contributed by atoms with Gasteiger partial charge in [-0.2, -0.15) is 13.2 Å². The monoisotopic (exact) mass is 326 g/mol. The fourth-order valence-corrected chi connectivity index (χ4v) is 3.64. The maximum absolute atomic E-state index is 13.2. The maximum Gasteiger partial charge on any atom is 0.416 e. The molecule has 1 aromatic carbocycles. The number of hydrogen-bond donors (Lipinski definition) is 1. The van der Waals surface area contributed by atoms with E-state index in [1.807, 2.05) is 0 Å². The molecule has 6 heteroatoms. The van der Waals surface area contributed by atoms with Gasteiger partial charge in [0.05, 0.1) is 5.56 Å². The Hall–Kier alpha value is -1.11. The maximum atomic E-state index is 13.2. The molecule has 0 amide bonds. The summed E-state index contributed by atoms with van der Waals surface area (Å²) in [6, 6.07) is 6.89. The van der Waals surface area contributed by atoms with E-state index in [2.05, 4.69) is 28.2 Å². The molecule has 2 atom stereocenters. The molecular weight excluding hydrogens is 303 g/mol. The molecule has 3 nitrogen and oxygen atoms in total. The van der Waals surface area contributed by atoms with Crippen molar-refractivity contribution in [2.75, 3.05) is 39.8 Å². The van der Waals surface area contributed by atoms with Crippen LogP contribution in [-0.2, 0) is 6.18 Å². The Morgan fingerprint density at radius 1 is 1.22 bits per heavy atom. The number of piperazine rings is 1. The highest BCUT2D eigenvalue weighted by Gasteiger charge is 2.37. The van der Waals surface area contributed by atoms with Crippen molar-refractivity contribution in [3.63, 3.8) is 0 Å². The molecule has 2 saturated heterocycles. The standard InChI is InChI=1S/C17H23F3N3/c1-22-8-10-23(11-9-22)13-6-7-21-16(12-13)14-4-2-3-5-15(14)17(18,19)20/h2,4-5,13,16,21H,6-12H2,1H3. The van der Waals surface area contributed by atoms with Crippen molar-refractivity contribution in [1.29, 1.82) is 0 Å². The molecule has 2 aliphatic rings. The summed E-state index contributed by atoms with van der Waals surface area (Å²) in [4.78, 5) is 4.74. The third-order valence-corrected chi connectivity index (χ3v) is 5.01. The number of likely N-dealkylation sites (N-methyl/N-ethyl adjacent to an activating group) is 1. The van der Waals surface area contributed by atoms with Crippen molar-refractivity contribution in [3.05, 3.63) is 35.4 Å². The van der Waals surface area contributed by atoms with Crippen molar-refractivity contribution >= 4 is 0 Å². The van der Waals surface area contributed by atoms with Gasteiger partial charge < -0.3 is 10.2 Å². The van der Waals surface area contributed by atoms with Gasteiger partial charge in [0.15, 0.2) is 0 Å². The number of halogens is 3. The normalized spacial score (nSPS) is 28.0. The molecule has 2 aliphatic heterocycles.